The van der Waals surface area contributed by atoms with Gasteiger partial charge < -0.3 is 0 Å². The molecule has 0 aromatic carbocycles. The normalized spacial score (nSPS) is 22.6. The Morgan fingerprint density at radius 2 is 2.21 bits per heavy atom. The van der Waals surface area contributed by atoms with Gasteiger partial charge in [0.1, 0.15) is 12.2 Å². The molecule has 2 rings (SSSR count). The van der Waals surface area contributed by atoms with Crippen LogP contribution >= 0.6 is 11.6 Å². The quantitative estimate of drug-likeness (QED) is 0.620. The highest BCUT2D eigenvalue weighted by Gasteiger charge is 2.28. The Labute approximate surface area is 121 Å². The first-order valence-electron chi connectivity index (χ1n) is 7.06. The summed E-state index contributed by atoms with van der Waals surface area (Å²) in [7, 11) is 0. The van der Waals surface area contributed by atoms with Crippen molar-refractivity contribution in [2.24, 2.45) is 11.3 Å². The predicted octanol–water partition coefficient (Wildman–Crippen LogP) is 3.83. The molecule has 0 bridgehead atoms. The van der Waals surface area contributed by atoms with E-state index < -0.39 is 0 Å². The largest absolute Gasteiger partial charge is 0.250 e. The van der Waals surface area contributed by atoms with Gasteiger partial charge in [-0.2, -0.15) is 5.10 Å². The average molecular weight is 282 g/mol. The minimum atomic E-state index is 0.153. The number of allylic oxidation sites excluding steroid dienone is 2. The lowest BCUT2D eigenvalue weighted by atomic mass is 9.76. The Hall–Kier alpha value is -0.830. The molecular weight excluding hydrogens is 258 g/mol. The summed E-state index contributed by atoms with van der Waals surface area (Å²) in [5.74, 6) is 1.64. The van der Waals surface area contributed by atoms with Gasteiger partial charge in [-0.3, -0.25) is 0 Å². The molecule has 4 heteroatoms. The van der Waals surface area contributed by atoms with E-state index in [0.717, 1.165) is 31.6 Å². The second-order valence-corrected chi connectivity index (χ2v) is 7.38. The molecule has 0 aliphatic heterocycles. The van der Waals surface area contributed by atoms with E-state index in [0.29, 0.717) is 11.3 Å². The summed E-state index contributed by atoms with van der Waals surface area (Å²) in [6, 6.07) is 0. The number of nitrogens with zero attached hydrogens (tertiary/aromatic N) is 3. The summed E-state index contributed by atoms with van der Waals surface area (Å²) < 4.78 is 2.02. The van der Waals surface area contributed by atoms with Crippen molar-refractivity contribution >= 4 is 11.6 Å². The fourth-order valence-electron chi connectivity index (χ4n) is 2.84. The lowest BCUT2D eigenvalue weighted by Gasteiger charge is -2.32. The topological polar surface area (TPSA) is 30.7 Å². The summed E-state index contributed by atoms with van der Waals surface area (Å²) in [4.78, 5) is 4.40. The van der Waals surface area contributed by atoms with Crippen LogP contribution in [-0.2, 0) is 13.0 Å². The number of hydrogen-bond donors (Lipinski definition) is 0. The van der Waals surface area contributed by atoms with Crippen molar-refractivity contribution < 1.29 is 0 Å². The number of rotatable bonds is 4. The summed E-state index contributed by atoms with van der Waals surface area (Å²) in [5, 5.41) is 4.48. The van der Waals surface area contributed by atoms with Crippen LogP contribution in [0, 0.1) is 11.3 Å². The Balaban J connectivity index is 2.11. The molecule has 0 fully saturated rings. The standard InChI is InChI=1S/C15H24ClN3/c1-11(2)9-19-14(17-10-18-19)6-12-5-13(16)8-15(3,4)7-12/h5,10-11,13H,6-9H2,1-4H3. The zero-order valence-electron chi connectivity index (χ0n) is 12.4. The zero-order valence-corrected chi connectivity index (χ0v) is 13.1. The van der Waals surface area contributed by atoms with E-state index in [-0.39, 0.29) is 5.38 Å². The van der Waals surface area contributed by atoms with Crippen LogP contribution in [0.25, 0.3) is 0 Å². The molecule has 1 aromatic heterocycles. The summed E-state index contributed by atoms with van der Waals surface area (Å²) in [6.07, 6.45) is 6.90. The average Bonchev–Trinajstić information content (AvgIpc) is 2.61. The van der Waals surface area contributed by atoms with E-state index in [1.807, 2.05) is 4.68 Å². The van der Waals surface area contributed by atoms with E-state index in [9.17, 15) is 0 Å². The molecule has 1 aliphatic carbocycles. The molecule has 3 nitrogen and oxygen atoms in total. The molecule has 0 saturated carbocycles. The SMILES string of the molecule is CC(C)Cn1ncnc1CC1=CC(Cl)CC(C)(C)C1. The third kappa shape index (κ3) is 4.07. The van der Waals surface area contributed by atoms with Gasteiger partial charge in [0.15, 0.2) is 0 Å². The first-order chi connectivity index (χ1) is 8.85. The van der Waals surface area contributed by atoms with Gasteiger partial charge in [-0.05, 0) is 24.2 Å². The smallest absolute Gasteiger partial charge is 0.138 e. The fraction of sp³-hybridized carbons (Fsp3) is 0.733. The second-order valence-electron chi connectivity index (χ2n) is 6.82. The van der Waals surface area contributed by atoms with E-state index in [1.54, 1.807) is 6.33 Å². The van der Waals surface area contributed by atoms with Crippen molar-refractivity contribution in [3.8, 4) is 0 Å². The second kappa shape index (κ2) is 5.66. The van der Waals surface area contributed by atoms with Crippen molar-refractivity contribution in [1.29, 1.82) is 0 Å². The molecule has 106 valence electrons. The minimum Gasteiger partial charge on any atom is -0.250 e. The monoisotopic (exact) mass is 281 g/mol. The van der Waals surface area contributed by atoms with Crippen molar-refractivity contribution in [3.63, 3.8) is 0 Å². The molecule has 0 saturated heterocycles. The number of halogens is 1. The summed E-state index contributed by atoms with van der Waals surface area (Å²) >= 11 is 6.34. The van der Waals surface area contributed by atoms with Crippen LogP contribution in [-0.4, -0.2) is 20.1 Å². The molecule has 1 atom stereocenters. The maximum atomic E-state index is 6.34. The predicted molar refractivity (Wildman–Crippen MR) is 79.3 cm³/mol. The Bertz CT molecular complexity index is 460. The minimum absolute atomic E-state index is 0.153. The van der Waals surface area contributed by atoms with Crippen molar-refractivity contribution in [2.45, 2.75) is 58.9 Å². The van der Waals surface area contributed by atoms with Crippen LogP contribution in [0.4, 0.5) is 0 Å². The lowest BCUT2D eigenvalue weighted by molar-refractivity contribution is 0.319. The van der Waals surface area contributed by atoms with Crippen molar-refractivity contribution in [3.05, 3.63) is 23.8 Å². The van der Waals surface area contributed by atoms with Gasteiger partial charge >= 0.3 is 0 Å². The van der Waals surface area contributed by atoms with E-state index in [1.165, 1.54) is 5.57 Å². The Morgan fingerprint density at radius 3 is 2.84 bits per heavy atom. The number of aromatic nitrogens is 3. The highest BCUT2D eigenvalue weighted by atomic mass is 35.5. The third-order valence-corrected chi connectivity index (χ3v) is 3.77. The molecule has 1 aromatic rings. The van der Waals surface area contributed by atoms with Gasteiger partial charge in [0.25, 0.3) is 0 Å². The van der Waals surface area contributed by atoms with Gasteiger partial charge in [0.2, 0.25) is 0 Å². The first-order valence-corrected chi connectivity index (χ1v) is 7.50. The summed E-state index contributed by atoms with van der Waals surface area (Å²) in [6.45, 7) is 9.89. The van der Waals surface area contributed by atoms with Gasteiger partial charge in [0, 0.05) is 13.0 Å². The molecule has 1 unspecified atom stereocenters. The number of hydrogen-bond acceptors (Lipinski definition) is 2. The van der Waals surface area contributed by atoms with Crippen LogP contribution in [0.1, 0.15) is 46.4 Å². The highest BCUT2D eigenvalue weighted by molar-refractivity contribution is 6.21. The molecular formula is C15H24ClN3. The van der Waals surface area contributed by atoms with Crippen LogP contribution in [0.3, 0.4) is 0 Å². The van der Waals surface area contributed by atoms with Crippen LogP contribution in [0.5, 0.6) is 0 Å². The van der Waals surface area contributed by atoms with Crippen LogP contribution in [0.15, 0.2) is 18.0 Å². The number of alkyl halides is 1. The Kier molecular flexibility index (Phi) is 4.34. The Morgan fingerprint density at radius 1 is 1.47 bits per heavy atom. The molecule has 0 radical (unpaired) electrons. The van der Waals surface area contributed by atoms with Gasteiger partial charge in [0.05, 0.1) is 5.38 Å². The zero-order chi connectivity index (χ0) is 14.0. The lowest BCUT2D eigenvalue weighted by Crippen LogP contribution is -2.23. The molecule has 1 aliphatic rings. The van der Waals surface area contributed by atoms with E-state index in [4.69, 9.17) is 11.6 Å². The van der Waals surface area contributed by atoms with Crippen LogP contribution in [0.2, 0.25) is 0 Å². The molecule has 0 amide bonds. The van der Waals surface area contributed by atoms with Gasteiger partial charge in [-0.15, -0.1) is 11.6 Å². The maximum Gasteiger partial charge on any atom is 0.138 e. The molecule has 19 heavy (non-hydrogen) atoms. The third-order valence-electron chi connectivity index (χ3n) is 3.49. The molecule has 0 spiro atoms. The first kappa shape index (κ1) is 14.6. The van der Waals surface area contributed by atoms with Gasteiger partial charge in [-0.25, -0.2) is 9.67 Å². The highest BCUT2D eigenvalue weighted by Crippen LogP contribution is 2.38. The molecule has 0 N–H and O–H groups in total. The van der Waals surface area contributed by atoms with Crippen molar-refractivity contribution in [1.82, 2.24) is 14.8 Å². The molecule has 1 heterocycles. The van der Waals surface area contributed by atoms with Crippen LogP contribution < -0.4 is 0 Å². The van der Waals surface area contributed by atoms with E-state index in [2.05, 4.69) is 43.9 Å². The van der Waals surface area contributed by atoms with Gasteiger partial charge in [-0.1, -0.05) is 39.3 Å². The fourth-order valence-corrected chi connectivity index (χ4v) is 3.43. The maximum absolute atomic E-state index is 6.34. The summed E-state index contributed by atoms with van der Waals surface area (Å²) in [5.41, 5.74) is 1.69. The van der Waals surface area contributed by atoms with Crippen molar-refractivity contribution in [2.75, 3.05) is 0 Å². The van der Waals surface area contributed by atoms with E-state index >= 15 is 0 Å².